The Morgan fingerprint density at radius 3 is 2.24 bits per heavy atom. The number of rotatable bonds is 3. The minimum atomic E-state index is 0.297. The first-order chi connectivity index (χ1) is 10.0. The van der Waals surface area contributed by atoms with Crippen LogP contribution in [0.3, 0.4) is 0 Å². The maximum absolute atomic E-state index is 6.72. The summed E-state index contributed by atoms with van der Waals surface area (Å²) >= 11 is 3.69. The molecule has 0 aromatic carbocycles. The van der Waals surface area contributed by atoms with Crippen LogP contribution in [0.25, 0.3) is 0 Å². The van der Waals surface area contributed by atoms with Gasteiger partial charge in [0.2, 0.25) is 0 Å². The van der Waals surface area contributed by atoms with Crippen LogP contribution in [-0.4, -0.2) is 15.8 Å². The van der Waals surface area contributed by atoms with Gasteiger partial charge < -0.3 is 5.73 Å². The Morgan fingerprint density at radius 2 is 1.76 bits per heavy atom. The monoisotopic (exact) mass is 351 g/mol. The lowest BCUT2D eigenvalue weighted by molar-refractivity contribution is -0.0466. The van der Waals surface area contributed by atoms with E-state index in [1.54, 1.807) is 0 Å². The molecule has 1 atom stereocenters. The molecule has 0 spiro atoms. The number of hydrogen-bond acceptors (Lipinski definition) is 2. The van der Waals surface area contributed by atoms with Crippen LogP contribution in [-0.2, 0) is 13.5 Å². The summed E-state index contributed by atoms with van der Waals surface area (Å²) in [5.41, 5.74) is 9.06. The Hall–Kier alpha value is -0.350. The van der Waals surface area contributed by atoms with E-state index in [4.69, 9.17) is 5.73 Å². The van der Waals surface area contributed by atoms with Gasteiger partial charge in [0.05, 0.1) is 15.9 Å². The van der Waals surface area contributed by atoms with Crippen molar-refractivity contribution in [2.75, 3.05) is 0 Å². The largest absolute Gasteiger partial charge is 0.327 e. The molecule has 2 N–H and O–H groups in total. The van der Waals surface area contributed by atoms with Crippen LogP contribution in [0.5, 0.6) is 0 Å². The molecule has 4 fully saturated rings. The molecule has 5 rings (SSSR count). The van der Waals surface area contributed by atoms with Gasteiger partial charge in [0.1, 0.15) is 0 Å². The molecule has 21 heavy (non-hydrogen) atoms. The highest BCUT2D eigenvalue weighted by Gasteiger charge is 2.49. The molecule has 4 aliphatic rings. The zero-order valence-electron chi connectivity index (χ0n) is 13.1. The van der Waals surface area contributed by atoms with Gasteiger partial charge in [-0.15, -0.1) is 0 Å². The van der Waals surface area contributed by atoms with E-state index in [9.17, 15) is 0 Å². The SMILES string of the molecule is Cc1nn(C)c(CC(N)C2C3CC4CC(C3)CC2C4)c1Br. The molecule has 3 nitrogen and oxygen atoms in total. The van der Waals surface area contributed by atoms with Gasteiger partial charge in [0.15, 0.2) is 0 Å². The highest BCUT2D eigenvalue weighted by Crippen LogP contribution is 2.57. The Balaban J connectivity index is 1.54. The van der Waals surface area contributed by atoms with Crippen molar-refractivity contribution in [2.24, 2.45) is 42.4 Å². The normalized spacial score (nSPS) is 39.0. The van der Waals surface area contributed by atoms with Crippen LogP contribution in [0.15, 0.2) is 4.47 Å². The van der Waals surface area contributed by atoms with Gasteiger partial charge in [0.25, 0.3) is 0 Å². The van der Waals surface area contributed by atoms with Crippen molar-refractivity contribution in [1.82, 2.24) is 9.78 Å². The summed E-state index contributed by atoms with van der Waals surface area (Å²) in [6.07, 6.45) is 8.30. The summed E-state index contributed by atoms with van der Waals surface area (Å²) in [4.78, 5) is 0. The predicted molar refractivity (Wildman–Crippen MR) is 87.9 cm³/mol. The molecule has 0 amide bonds. The van der Waals surface area contributed by atoms with Gasteiger partial charge >= 0.3 is 0 Å². The third kappa shape index (κ3) is 2.29. The summed E-state index contributed by atoms with van der Waals surface area (Å²) in [5.74, 6) is 4.62. The minimum Gasteiger partial charge on any atom is -0.327 e. The van der Waals surface area contributed by atoms with Crippen molar-refractivity contribution in [3.05, 3.63) is 15.9 Å². The van der Waals surface area contributed by atoms with Crippen LogP contribution in [0, 0.1) is 36.5 Å². The fraction of sp³-hybridized carbons (Fsp3) is 0.824. The second-order valence-corrected chi connectivity index (χ2v) is 8.64. The summed E-state index contributed by atoms with van der Waals surface area (Å²) in [6, 6.07) is 0.297. The van der Waals surface area contributed by atoms with E-state index in [0.29, 0.717) is 6.04 Å². The van der Waals surface area contributed by atoms with Gasteiger partial charge in [-0.1, -0.05) is 0 Å². The molecule has 4 heteroatoms. The Bertz CT molecular complexity index is 522. The molecular weight excluding hydrogens is 326 g/mol. The number of aromatic nitrogens is 2. The molecule has 0 radical (unpaired) electrons. The zero-order valence-corrected chi connectivity index (χ0v) is 14.6. The fourth-order valence-electron chi connectivity index (χ4n) is 5.93. The lowest BCUT2D eigenvalue weighted by Gasteiger charge is -2.56. The van der Waals surface area contributed by atoms with E-state index in [-0.39, 0.29) is 0 Å². The van der Waals surface area contributed by atoms with Gasteiger partial charge in [-0.2, -0.15) is 5.10 Å². The smallest absolute Gasteiger partial charge is 0.0738 e. The first kappa shape index (κ1) is 14.3. The molecule has 1 aromatic heterocycles. The first-order valence-electron chi connectivity index (χ1n) is 8.46. The average molecular weight is 352 g/mol. The quantitative estimate of drug-likeness (QED) is 0.906. The number of nitrogens with zero attached hydrogens (tertiary/aromatic N) is 2. The minimum absolute atomic E-state index is 0.297. The summed E-state index contributed by atoms with van der Waals surface area (Å²) < 4.78 is 3.17. The fourth-order valence-corrected chi connectivity index (χ4v) is 6.43. The molecule has 1 unspecified atom stereocenters. The topological polar surface area (TPSA) is 43.8 Å². The van der Waals surface area contributed by atoms with Gasteiger partial charge in [0, 0.05) is 19.5 Å². The van der Waals surface area contributed by atoms with E-state index in [0.717, 1.165) is 46.2 Å². The van der Waals surface area contributed by atoms with Crippen molar-refractivity contribution in [3.63, 3.8) is 0 Å². The van der Waals surface area contributed by atoms with E-state index in [1.807, 2.05) is 11.7 Å². The van der Waals surface area contributed by atoms with E-state index in [1.165, 1.54) is 37.8 Å². The third-order valence-electron chi connectivity index (χ3n) is 6.48. The van der Waals surface area contributed by atoms with Crippen molar-refractivity contribution in [3.8, 4) is 0 Å². The maximum Gasteiger partial charge on any atom is 0.0738 e. The summed E-state index contributed by atoms with van der Waals surface area (Å²) in [5, 5.41) is 4.51. The zero-order chi connectivity index (χ0) is 14.7. The molecule has 1 heterocycles. The first-order valence-corrected chi connectivity index (χ1v) is 9.25. The third-order valence-corrected chi connectivity index (χ3v) is 7.52. The lowest BCUT2D eigenvalue weighted by atomic mass is 9.50. The van der Waals surface area contributed by atoms with Crippen LogP contribution < -0.4 is 5.73 Å². The summed E-state index contributed by atoms with van der Waals surface area (Å²) in [7, 11) is 2.04. The van der Waals surface area contributed by atoms with Crippen molar-refractivity contribution in [1.29, 1.82) is 0 Å². The van der Waals surface area contributed by atoms with Crippen molar-refractivity contribution >= 4 is 15.9 Å². The predicted octanol–water partition coefficient (Wildman–Crippen LogP) is 3.43. The molecule has 1 aromatic rings. The van der Waals surface area contributed by atoms with Crippen LogP contribution in [0.2, 0.25) is 0 Å². The lowest BCUT2D eigenvalue weighted by Crippen LogP contribution is -2.52. The van der Waals surface area contributed by atoms with E-state index in [2.05, 4.69) is 28.0 Å². The van der Waals surface area contributed by atoms with Gasteiger partial charge in [-0.25, -0.2) is 0 Å². The van der Waals surface area contributed by atoms with Crippen LogP contribution >= 0.6 is 15.9 Å². The number of halogens is 1. The number of hydrogen-bond donors (Lipinski definition) is 1. The summed E-state index contributed by atoms with van der Waals surface area (Å²) in [6.45, 7) is 2.06. The van der Waals surface area contributed by atoms with Crippen molar-refractivity contribution in [2.45, 2.75) is 51.5 Å². The van der Waals surface area contributed by atoms with Gasteiger partial charge in [-0.05, 0) is 84.5 Å². The van der Waals surface area contributed by atoms with Crippen molar-refractivity contribution < 1.29 is 0 Å². The van der Waals surface area contributed by atoms with Crippen LogP contribution in [0.4, 0.5) is 0 Å². The second kappa shape index (κ2) is 5.09. The molecule has 4 aliphatic carbocycles. The van der Waals surface area contributed by atoms with Gasteiger partial charge in [-0.3, -0.25) is 4.68 Å². The molecule has 116 valence electrons. The van der Waals surface area contributed by atoms with Crippen LogP contribution in [0.1, 0.15) is 43.5 Å². The second-order valence-electron chi connectivity index (χ2n) is 7.85. The highest BCUT2D eigenvalue weighted by molar-refractivity contribution is 9.10. The molecular formula is C17H26BrN3. The highest BCUT2D eigenvalue weighted by atomic mass is 79.9. The average Bonchev–Trinajstić information content (AvgIpc) is 2.64. The number of aryl methyl sites for hydroxylation is 2. The Kier molecular flexibility index (Phi) is 3.45. The molecule has 0 saturated heterocycles. The Labute approximate surface area is 135 Å². The standard InChI is InChI=1S/C17H26BrN3/c1-9-17(18)15(21(2)20-9)8-14(19)16-12-4-10-3-11(6-12)7-13(16)5-10/h10-14,16H,3-8,19H2,1-2H3. The maximum atomic E-state index is 6.72. The number of nitrogens with two attached hydrogens (primary N) is 1. The molecule has 4 bridgehead atoms. The molecule has 0 aliphatic heterocycles. The van der Waals surface area contributed by atoms with E-state index < -0.39 is 0 Å². The van der Waals surface area contributed by atoms with E-state index >= 15 is 0 Å². The molecule has 4 saturated carbocycles. The Morgan fingerprint density at radius 1 is 1.19 bits per heavy atom.